The Hall–Kier alpha value is -2.94. The number of hydrogen-bond acceptors (Lipinski definition) is 3. The van der Waals surface area contributed by atoms with Gasteiger partial charge in [0, 0.05) is 12.3 Å². The minimum absolute atomic E-state index is 0.316. The van der Waals surface area contributed by atoms with E-state index in [0.29, 0.717) is 5.75 Å². The van der Waals surface area contributed by atoms with Crippen LogP contribution in [-0.2, 0) is 4.79 Å². The Labute approximate surface area is 128 Å². The van der Waals surface area contributed by atoms with Crippen LogP contribution in [-0.4, -0.2) is 11.0 Å². The summed E-state index contributed by atoms with van der Waals surface area (Å²) >= 11 is 0. The van der Waals surface area contributed by atoms with Gasteiger partial charge in [-0.2, -0.15) is 0 Å². The molecule has 3 nitrogen and oxygen atoms in total. The fourth-order valence-corrected chi connectivity index (χ4v) is 2.17. The third-order valence-corrected chi connectivity index (χ3v) is 3.21. The molecule has 2 aromatic carbocycles. The van der Waals surface area contributed by atoms with Crippen molar-refractivity contribution in [3.05, 3.63) is 71.9 Å². The number of esters is 1. The number of para-hydroxylation sites is 1. The number of carbonyl (C=O) groups excluding carboxylic acids is 1. The van der Waals surface area contributed by atoms with Gasteiger partial charge in [0.25, 0.3) is 0 Å². The normalized spacial score (nSPS) is 11.0. The molecule has 0 spiro atoms. The van der Waals surface area contributed by atoms with Crippen molar-refractivity contribution >= 4 is 29.0 Å². The number of pyridine rings is 1. The van der Waals surface area contributed by atoms with Crippen molar-refractivity contribution < 1.29 is 9.53 Å². The van der Waals surface area contributed by atoms with E-state index in [1.807, 2.05) is 54.6 Å². The molecule has 0 bridgehead atoms. The van der Waals surface area contributed by atoms with Crippen LogP contribution in [0.5, 0.6) is 5.75 Å². The van der Waals surface area contributed by atoms with Crippen LogP contribution in [0, 0.1) is 0 Å². The van der Waals surface area contributed by atoms with E-state index in [9.17, 15) is 4.79 Å². The number of nitrogens with zero attached hydrogens (tertiary/aromatic N) is 1. The third-order valence-electron chi connectivity index (χ3n) is 3.21. The van der Waals surface area contributed by atoms with Gasteiger partial charge >= 0.3 is 5.97 Å². The van der Waals surface area contributed by atoms with Crippen LogP contribution in [0.4, 0.5) is 0 Å². The molecule has 0 saturated heterocycles. The Morgan fingerprint density at radius 1 is 0.955 bits per heavy atom. The lowest BCUT2D eigenvalue weighted by Crippen LogP contribution is -2.00. The molecule has 0 aliphatic rings. The first kappa shape index (κ1) is 14.0. The van der Waals surface area contributed by atoms with Crippen molar-refractivity contribution in [3.63, 3.8) is 0 Å². The second kappa shape index (κ2) is 6.22. The number of aromatic nitrogens is 1. The van der Waals surface area contributed by atoms with Crippen LogP contribution in [0.25, 0.3) is 23.1 Å². The molecule has 3 rings (SSSR count). The van der Waals surface area contributed by atoms with Gasteiger partial charge in [-0.25, -0.2) is 4.98 Å². The molecule has 108 valence electrons. The number of ether oxygens (including phenoxy) is 1. The Balaban J connectivity index is 1.78. The molecule has 0 atom stereocenters. The zero-order chi connectivity index (χ0) is 15.4. The van der Waals surface area contributed by atoms with Crippen LogP contribution < -0.4 is 4.74 Å². The van der Waals surface area contributed by atoms with E-state index >= 15 is 0 Å². The summed E-state index contributed by atoms with van der Waals surface area (Å²) in [6.07, 6.45) is 3.95. The highest BCUT2D eigenvalue weighted by atomic mass is 16.5. The molecule has 3 heteroatoms. The molecule has 0 saturated carbocycles. The summed E-state index contributed by atoms with van der Waals surface area (Å²) in [4.78, 5) is 15.5. The highest BCUT2D eigenvalue weighted by Gasteiger charge is 1.97. The average molecular weight is 289 g/mol. The monoisotopic (exact) mass is 289 g/mol. The first-order valence-electron chi connectivity index (χ1n) is 7.03. The number of rotatable bonds is 3. The lowest BCUT2D eigenvalue weighted by Gasteiger charge is -2.01. The number of benzene rings is 2. The van der Waals surface area contributed by atoms with Gasteiger partial charge in [0.2, 0.25) is 0 Å². The van der Waals surface area contributed by atoms with Crippen LogP contribution in [0.15, 0.2) is 60.7 Å². The molecule has 22 heavy (non-hydrogen) atoms. The van der Waals surface area contributed by atoms with Crippen molar-refractivity contribution in [2.75, 3.05) is 0 Å². The zero-order valence-corrected chi connectivity index (χ0v) is 12.2. The predicted molar refractivity (Wildman–Crippen MR) is 88.4 cm³/mol. The molecule has 3 aromatic rings. The summed E-state index contributed by atoms with van der Waals surface area (Å²) in [5.74, 6) is 0.233. The first-order chi connectivity index (χ1) is 10.7. The molecule has 0 fully saturated rings. The topological polar surface area (TPSA) is 39.2 Å². The maximum Gasteiger partial charge on any atom is 0.308 e. The van der Waals surface area contributed by atoms with E-state index in [1.165, 1.54) is 6.92 Å². The average Bonchev–Trinajstić information content (AvgIpc) is 2.53. The van der Waals surface area contributed by atoms with Gasteiger partial charge in [-0.15, -0.1) is 0 Å². The number of fused-ring (bicyclic) bond motifs is 1. The van der Waals surface area contributed by atoms with Gasteiger partial charge in [0.15, 0.2) is 0 Å². The van der Waals surface area contributed by atoms with E-state index in [2.05, 4.69) is 11.1 Å². The molecule has 0 N–H and O–H groups in total. The Morgan fingerprint density at radius 2 is 1.73 bits per heavy atom. The lowest BCUT2D eigenvalue weighted by molar-refractivity contribution is -0.131. The van der Waals surface area contributed by atoms with Crippen molar-refractivity contribution in [3.8, 4) is 5.75 Å². The fraction of sp³-hybridized carbons (Fsp3) is 0.0526. The van der Waals surface area contributed by atoms with Crippen LogP contribution in [0.2, 0.25) is 0 Å². The van der Waals surface area contributed by atoms with E-state index in [4.69, 9.17) is 4.74 Å². The molecule has 0 radical (unpaired) electrons. The summed E-state index contributed by atoms with van der Waals surface area (Å²) in [7, 11) is 0. The van der Waals surface area contributed by atoms with Gasteiger partial charge < -0.3 is 4.74 Å². The van der Waals surface area contributed by atoms with E-state index in [1.54, 1.807) is 12.1 Å². The standard InChI is InChI=1S/C19H15NO2/c1-14(21)22-18-12-7-15(8-13-18)6-10-17-11-9-16-4-2-3-5-19(16)20-17/h2-13H,1H3/b10-6+. The van der Waals surface area contributed by atoms with E-state index < -0.39 is 0 Å². The molecular weight excluding hydrogens is 274 g/mol. The number of hydrogen-bond donors (Lipinski definition) is 0. The van der Waals surface area contributed by atoms with Crippen molar-refractivity contribution in [1.82, 2.24) is 4.98 Å². The van der Waals surface area contributed by atoms with Crippen molar-refractivity contribution in [2.24, 2.45) is 0 Å². The summed E-state index contributed by atoms with van der Waals surface area (Å²) in [5, 5.41) is 1.13. The fourth-order valence-electron chi connectivity index (χ4n) is 2.17. The van der Waals surface area contributed by atoms with Crippen molar-refractivity contribution in [1.29, 1.82) is 0 Å². The highest BCUT2D eigenvalue weighted by Crippen LogP contribution is 2.16. The summed E-state index contributed by atoms with van der Waals surface area (Å²) < 4.78 is 5.00. The second-order valence-corrected chi connectivity index (χ2v) is 4.92. The minimum atomic E-state index is -0.316. The maximum atomic E-state index is 10.9. The maximum absolute atomic E-state index is 10.9. The highest BCUT2D eigenvalue weighted by molar-refractivity contribution is 5.80. The SMILES string of the molecule is CC(=O)Oc1ccc(/C=C/c2ccc3ccccc3n2)cc1. The summed E-state index contributed by atoms with van der Waals surface area (Å²) in [6, 6.07) is 19.4. The largest absolute Gasteiger partial charge is 0.427 e. The molecule has 0 aliphatic heterocycles. The minimum Gasteiger partial charge on any atom is -0.427 e. The van der Waals surface area contributed by atoms with Gasteiger partial charge in [-0.05, 0) is 35.9 Å². The van der Waals surface area contributed by atoms with E-state index in [0.717, 1.165) is 22.2 Å². The number of carbonyl (C=O) groups is 1. The van der Waals surface area contributed by atoms with E-state index in [-0.39, 0.29) is 5.97 Å². The third kappa shape index (κ3) is 3.38. The predicted octanol–water partition coefficient (Wildman–Crippen LogP) is 4.33. The van der Waals surface area contributed by atoms with Crippen molar-refractivity contribution in [2.45, 2.75) is 6.92 Å². The molecular formula is C19H15NO2. The Bertz CT molecular complexity index is 835. The van der Waals surface area contributed by atoms with Crippen LogP contribution >= 0.6 is 0 Å². The molecule has 1 aromatic heterocycles. The smallest absolute Gasteiger partial charge is 0.308 e. The quantitative estimate of drug-likeness (QED) is 0.532. The van der Waals surface area contributed by atoms with Gasteiger partial charge in [0.1, 0.15) is 5.75 Å². The Kier molecular flexibility index (Phi) is 3.97. The van der Waals surface area contributed by atoms with Crippen LogP contribution in [0.1, 0.15) is 18.2 Å². The summed E-state index contributed by atoms with van der Waals surface area (Å²) in [5.41, 5.74) is 2.91. The van der Waals surface area contributed by atoms with Gasteiger partial charge in [-0.1, -0.05) is 42.5 Å². The second-order valence-electron chi connectivity index (χ2n) is 4.92. The van der Waals surface area contributed by atoms with Gasteiger partial charge in [0.05, 0.1) is 11.2 Å². The molecule has 1 heterocycles. The van der Waals surface area contributed by atoms with Crippen LogP contribution in [0.3, 0.4) is 0 Å². The first-order valence-corrected chi connectivity index (χ1v) is 7.03. The molecule has 0 aliphatic carbocycles. The van der Waals surface area contributed by atoms with Gasteiger partial charge in [-0.3, -0.25) is 4.79 Å². The molecule has 0 unspecified atom stereocenters. The lowest BCUT2D eigenvalue weighted by atomic mass is 10.1. The summed E-state index contributed by atoms with van der Waals surface area (Å²) in [6.45, 7) is 1.39. The molecule has 0 amide bonds. The zero-order valence-electron chi connectivity index (χ0n) is 12.2. The Morgan fingerprint density at radius 3 is 2.50 bits per heavy atom.